The van der Waals surface area contributed by atoms with Gasteiger partial charge in [-0.25, -0.2) is 0 Å². The molecule has 4 aromatic rings. The standard InChI is InChI=1S/C6H6.C5H5N.C4H6N2.4C4H10.C3H3NS.4C2H6/c2*1-2-4-6-5-3-1;1-6-4-2-3-5-6;4*1-4(2)3;1-2-5-3-4-1;4*1-2/h1-6H;1-5H;2-4H,1H3;4*4H,1-3H3;1-3H;4*1-2H3. The summed E-state index contributed by atoms with van der Waals surface area (Å²) in [4.78, 5) is 7.53. The molecule has 0 amide bonds. The lowest BCUT2D eigenvalue weighted by atomic mass is 10.3. The molecule has 0 fully saturated rings. The number of benzene rings is 1. The van der Waals surface area contributed by atoms with Gasteiger partial charge in [0.15, 0.2) is 0 Å². The minimum atomic E-state index is 0.833. The summed E-state index contributed by atoms with van der Waals surface area (Å²) in [5, 5.41) is 5.76. The van der Waals surface area contributed by atoms with Crippen molar-refractivity contribution in [3.63, 3.8) is 0 Å². The molecule has 5 heteroatoms. The number of aromatic nitrogens is 4. The van der Waals surface area contributed by atoms with E-state index in [1.807, 2.05) is 135 Å². The number of hydrogen-bond acceptors (Lipinski definition) is 4. The smallest absolute Gasteiger partial charge is 0.0791 e. The Balaban J connectivity index is -0.0000000602. The van der Waals surface area contributed by atoms with Crippen LogP contribution in [0.25, 0.3) is 0 Å². The molecule has 0 radical (unpaired) electrons. The highest BCUT2D eigenvalue weighted by Gasteiger charge is 1.70. The van der Waals surface area contributed by atoms with Crippen molar-refractivity contribution in [2.75, 3.05) is 0 Å². The molecule has 0 atom stereocenters. The van der Waals surface area contributed by atoms with Gasteiger partial charge in [-0.15, -0.1) is 11.3 Å². The van der Waals surface area contributed by atoms with Gasteiger partial charge in [0, 0.05) is 43.4 Å². The van der Waals surface area contributed by atoms with Crippen molar-refractivity contribution in [3.05, 3.63) is 103 Å². The van der Waals surface area contributed by atoms with E-state index in [0.29, 0.717) is 0 Å². The van der Waals surface area contributed by atoms with Crippen LogP contribution in [-0.4, -0.2) is 19.7 Å². The van der Waals surface area contributed by atoms with Gasteiger partial charge < -0.3 is 0 Å². The summed E-state index contributed by atoms with van der Waals surface area (Å²) in [7, 11) is 1.89. The molecule has 3 aromatic heterocycles. The van der Waals surface area contributed by atoms with Crippen molar-refractivity contribution in [2.24, 2.45) is 30.7 Å². The lowest BCUT2D eigenvalue weighted by molar-refractivity contribution is 0.736. The van der Waals surface area contributed by atoms with Crippen molar-refractivity contribution in [1.82, 2.24) is 19.7 Å². The van der Waals surface area contributed by atoms with E-state index in [-0.39, 0.29) is 0 Å². The Morgan fingerprint density at radius 1 is 0.404 bits per heavy atom. The number of aryl methyl sites for hydroxylation is 1. The van der Waals surface area contributed by atoms with E-state index < -0.39 is 0 Å². The number of hydrogen-bond donors (Lipinski definition) is 0. The molecule has 0 spiro atoms. The summed E-state index contributed by atoms with van der Waals surface area (Å²) in [5.74, 6) is 3.33. The second kappa shape index (κ2) is 69.8. The highest BCUT2D eigenvalue weighted by Crippen LogP contribution is 1.86. The van der Waals surface area contributed by atoms with Crippen molar-refractivity contribution in [2.45, 2.75) is 138 Å². The maximum absolute atomic E-state index is 3.83. The SMILES string of the molecule is CC.CC.CC.CC.CC(C)C.CC(C)C.CC(C)C.CC(C)C.Cn1cccn1.c1ccccc1.c1ccncc1.c1cscn1. The van der Waals surface area contributed by atoms with Crippen LogP contribution in [-0.2, 0) is 7.05 Å². The second-order valence-electron chi connectivity index (χ2n) is 11.0. The molecule has 0 aliphatic carbocycles. The molecule has 0 N–H and O–H groups in total. The maximum atomic E-state index is 3.83. The van der Waals surface area contributed by atoms with Crippen LogP contribution in [0.5, 0.6) is 0 Å². The molecule has 0 aliphatic rings. The summed E-state index contributed by atoms with van der Waals surface area (Å²) >= 11 is 1.60. The molecule has 47 heavy (non-hydrogen) atoms. The highest BCUT2D eigenvalue weighted by molar-refractivity contribution is 7.07. The molecule has 0 unspecified atom stereocenters. The predicted molar refractivity (Wildman–Crippen MR) is 223 cm³/mol. The Bertz CT molecular complexity index is 679. The van der Waals surface area contributed by atoms with Crippen LogP contribution in [0.1, 0.15) is 138 Å². The van der Waals surface area contributed by atoms with Gasteiger partial charge in [-0.05, 0) is 41.9 Å². The van der Waals surface area contributed by atoms with Gasteiger partial charge >= 0.3 is 0 Å². The van der Waals surface area contributed by atoms with E-state index in [4.69, 9.17) is 0 Å². The molecule has 4 rings (SSSR count). The first-order valence-corrected chi connectivity index (χ1v) is 18.9. The van der Waals surface area contributed by atoms with Gasteiger partial charge in [-0.3, -0.25) is 14.6 Å². The summed E-state index contributed by atoms with van der Waals surface area (Å²) in [6.07, 6.45) is 8.91. The van der Waals surface area contributed by atoms with Crippen LogP contribution in [0.3, 0.4) is 0 Å². The number of pyridine rings is 1. The molecule has 278 valence electrons. The van der Waals surface area contributed by atoms with E-state index in [1.165, 1.54) is 0 Å². The van der Waals surface area contributed by atoms with Crippen molar-refractivity contribution < 1.29 is 0 Å². The third-order valence-electron chi connectivity index (χ3n) is 2.22. The van der Waals surface area contributed by atoms with E-state index in [1.54, 1.807) is 46.3 Å². The maximum Gasteiger partial charge on any atom is 0.0791 e. The highest BCUT2D eigenvalue weighted by atomic mass is 32.1. The summed E-state index contributed by atoms with van der Waals surface area (Å²) < 4.78 is 1.75. The lowest BCUT2D eigenvalue weighted by Gasteiger charge is -1.79. The van der Waals surface area contributed by atoms with Crippen molar-refractivity contribution in [1.29, 1.82) is 0 Å². The van der Waals surface area contributed by atoms with Crippen LogP contribution in [0.2, 0.25) is 0 Å². The minimum Gasteiger partial charge on any atom is -0.276 e. The van der Waals surface area contributed by atoms with Gasteiger partial charge in [0.1, 0.15) is 0 Å². The Labute approximate surface area is 301 Å². The average molecular weight is 677 g/mol. The molecule has 3 heterocycles. The van der Waals surface area contributed by atoms with Gasteiger partial charge in [0.2, 0.25) is 0 Å². The Morgan fingerprint density at radius 3 is 0.787 bits per heavy atom. The first kappa shape index (κ1) is 63.0. The van der Waals surface area contributed by atoms with Crippen LogP contribution < -0.4 is 0 Å². The first-order valence-electron chi connectivity index (χ1n) is 17.9. The topological polar surface area (TPSA) is 43.6 Å². The van der Waals surface area contributed by atoms with Crippen LogP contribution in [0, 0.1) is 23.7 Å². The van der Waals surface area contributed by atoms with Crippen molar-refractivity contribution in [3.8, 4) is 0 Å². The summed E-state index contributed by atoms with van der Waals surface area (Å²) in [6, 6.07) is 19.6. The molecular formula is C42H84N4S. The van der Waals surface area contributed by atoms with Crippen molar-refractivity contribution >= 4 is 11.3 Å². The predicted octanol–water partition coefficient (Wildman–Crippen LogP) is 15.1. The monoisotopic (exact) mass is 677 g/mol. The normalized spacial score (nSPS) is 7.60. The van der Waals surface area contributed by atoms with E-state index >= 15 is 0 Å². The molecule has 1 aromatic carbocycles. The fraction of sp³-hybridized carbons (Fsp3) is 0.595. The molecular weight excluding hydrogens is 593 g/mol. The van der Waals surface area contributed by atoms with Crippen LogP contribution in [0.4, 0.5) is 0 Å². The molecule has 0 bridgehead atoms. The van der Waals surface area contributed by atoms with Gasteiger partial charge in [0.05, 0.1) is 5.51 Å². The Morgan fingerprint density at radius 2 is 0.702 bits per heavy atom. The fourth-order valence-corrected chi connectivity index (χ4v) is 1.57. The fourth-order valence-electron chi connectivity index (χ4n) is 1.22. The lowest BCUT2D eigenvalue weighted by Crippen LogP contribution is -1.83. The number of nitrogens with zero attached hydrogens (tertiary/aromatic N) is 4. The zero-order valence-corrected chi connectivity index (χ0v) is 36.1. The third-order valence-corrected chi connectivity index (χ3v) is 2.74. The quantitative estimate of drug-likeness (QED) is 0.186. The van der Waals surface area contributed by atoms with E-state index in [0.717, 1.165) is 23.7 Å². The molecule has 4 nitrogen and oxygen atoms in total. The Hall–Kier alpha value is -2.79. The molecule has 0 aliphatic heterocycles. The number of thiazole rings is 1. The second-order valence-corrected chi connectivity index (χ2v) is 11.7. The van der Waals surface area contributed by atoms with Gasteiger partial charge in [0.25, 0.3) is 0 Å². The molecule has 0 saturated carbocycles. The zero-order chi connectivity index (χ0) is 38.7. The van der Waals surface area contributed by atoms with Crippen LogP contribution >= 0.6 is 11.3 Å². The van der Waals surface area contributed by atoms with E-state index in [2.05, 4.69) is 98.2 Å². The largest absolute Gasteiger partial charge is 0.276 e. The molecule has 0 saturated heterocycles. The summed E-state index contributed by atoms with van der Waals surface area (Å²) in [5.41, 5.74) is 1.79. The van der Waals surface area contributed by atoms with Gasteiger partial charge in [-0.1, -0.05) is 181 Å². The zero-order valence-electron chi connectivity index (χ0n) is 35.3. The van der Waals surface area contributed by atoms with Gasteiger partial charge in [-0.2, -0.15) is 5.10 Å². The number of rotatable bonds is 0. The summed E-state index contributed by atoms with van der Waals surface area (Å²) in [6.45, 7) is 42.0. The minimum absolute atomic E-state index is 0.833. The Kier molecular flexibility index (Phi) is 93.5. The van der Waals surface area contributed by atoms with E-state index in [9.17, 15) is 0 Å². The van der Waals surface area contributed by atoms with Crippen LogP contribution in [0.15, 0.2) is 103 Å². The average Bonchev–Trinajstić information content (AvgIpc) is 3.80. The third kappa shape index (κ3) is 163. The first-order chi connectivity index (χ1) is 22.3.